The number of aryl methyl sites for hydroxylation is 2. The number of amides is 1. The maximum absolute atomic E-state index is 12.3. The minimum atomic E-state index is -0.209. The summed E-state index contributed by atoms with van der Waals surface area (Å²) in [7, 11) is 0. The number of carbonyl (C=O) groups is 1. The Hall–Kier alpha value is -3.47. The Balaban J connectivity index is 1.66. The Bertz CT molecular complexity index is 1100. The molecule has 5 nitrogen and oxygen atoms in total. The van der Waals surface area contributed by atoms with Gasteiger partial charge in [0.05, 0.1) is 5.56 Å². The summed E-state index contributed by atoms with van der Waals surface area (Å²) in [6.07, 6.45) is 3.17. The lowest BCUT2D eigenvalue weighted by Gasteiger charge is -2.06. The van der Waals surface area contributed by atoms with Crippen LogP contribution in [0.4, 0.5) is 5.69 Å². The number of anilines is 1. The van der Waals surface area contributed by atoms with E-state index in [2.05, 4.69) is 21.4 Å². The van der Waals surface area contributed by atoms with Gasteiger partial charge in [-0.25, -0.2) is 4.98 Å². The number of benzene rings is 2. The van der Waals surface area contributed by atoms with Gasteiger partial charge < -0.3 is 9.73 Å². The van der Waals surface area contributed by atoms with Crippen LogP contribution in [0.15, 0.2) is 65.3 Å². The number of pyridine rings is 1. The van der Waals surface area contributed by atoms with Crippen LogP contribution in [0.5, 0.6) is 0 Å². The maximum Gasteiger partial charge on any atom is 0.257 e. The Morgan fingerprint density at radius 1 is 1.08 bits per heavy atom. The number of oxazole rings is 1. The van der Waals surface area contributed by atoms with E-state index in [4.69, 9.17) is 4.42 Å². The maximum atomic E-state index is 12.3. The van der Waals surface area contributed by atoms with Crippen LogP contribution in [-0.2, 0) is 0 Å². The Kier molecular flexibility index (Phi) is 3.97. The molecule has 0 saturated carbocycles. The van der Waals surface area contributed by atoms with Crippen LogP contribution >= 0.6 is 0 Å². The molecule has 2 heterocycles. The molecule has 0 aliphatic rings. The molecular formula is C21H17N3O2. The van der Waals surface area contributed by atoms with Crippen LogP contribution in [0.3, 0.4) is 0 Å². The van der Waals surface area contributed by atoms with Crippen molar-refractivity contribution in [1.82, 2.24) is 9.97 Å². The van der Waals surface area contributed by atoms with Gasteiger partial charge in [-0.15, -0.1) is 0 Å². The van der Waals surface area contributed by atoms with Crippen LogP contribution < -0.4 is 5.32 Å². The highest BCUT2D eigenvalue weighted by Crippen LogP contribution is 2.28. The minimum absolute atomic E-state index is 0.209. The zero-order valence-electron chi connectivity index (χ0n) is 14.5. The molecular weight excluding hydrogens is 326 g/mol. The topological polar surface area (TPSA) is 68.0 Å². The van der Waals surface area contributed by atoms with Crippen molar-refractivity contribution in [2.24, 2.45) is 0 Å². The molecule has 0 spiro atoms. The molecule has 5 heteroatoms. The first-order chi connectivity index (χ1) is 12.6. The predicted molar refractivity (Wildman–Crippen MR) is 101 cm³/mol. The predicted octanol–water partition coefficient (Wildman–Crippen LogP) is 4.76. The summed E-state index contributed by atoms with van der Waals surface area (Å²) in [4.78, 5) is 20.9. The molecule has 0 radical (unpaired) electrons. The van der Waals surface area contributed by atoms with Gasteiger partial charge in [0.25, 0.3) is 5.91 Å². The molecule has 0 saturated heterocycles. The summed E-state index contributed by atoms with van der Waals surface area (Å²) >= 11 is 0. The monoisotopic (exact) mass is 343 g/mol. The van der Waals surface area contributed by atoms with Crippen LogP contribution in [0.2, 0.25) is 0 Å². The van der Waals surface area contributed by atoms with E-state index >= 15 is 0 Å². The lowest BCUT2D eigenvalue weighted by atomic mass is 10.1. The van der Waals surface area contributed by atoms with Gasteiger partial charge in [0.1, 0.15) is 5.52 Å². The number of hydrogen-bond donors (Lipinski definition) is 1. The van der Waals surface area contributed by atoms with Crippen molar-refractivity contribution in [1.29, 1.82) is 0 Å². The van der Waals surface area contributed by atoms with Crippen molar-refractivity contribution >= 4 is 22.7 Å². The molecule has 1 amide bonds. The summed E-state index contributed by atoms with van der Waals surface area (Å²) < 4.78 is 5.95. The number of hydrogen-bond acceptors (Lipinski definition) is 4. The third-order valence-electron chi connectivity index (χ3n) is 4.11. The molecule has 1 N–H and O–H groups in total. The summed E-state index contributed by atoms with van der Waals surface area (Å²) in [5.41, 5.74) is 5.81. The lowest BCUT2D eigenvalue weighted by Crippen LogP contribution is -2.11. The van der Waals surface area contributed by atoms with Gasteiger partial charge in [0, 0.05) is 23.6 Å². The fourth-order valence-electron chi connectivity index (χ4n) is 2.93. The normalized spacial score (nSPS) is 10.8. The van der Waals surface area contributed by atoms with E-state index in [1.54, 1.807) is 18.3 Å². The molecule has 2 aromatic carbocycles. The van der Waals surface area contributed by atoms with E-state index < -0.39 is 0 Å². The van der Waals surface area contributed by atoms with Crippen LogP contribution in [0, 0.1) is 13.8 Å². The molecule has 2 aromatic heterocycles. The zero-order valence-corrected chi connectivity index (χ0v) is 14.5. The summed E-state index contributed by atoms with van der Waals surface area (Å²) in [5.74, 6) is 0.325. The summed E-state index contributed by atoms with van der Waals surface area (Å²) in [6, 6.07) is 15.0. The summed E-state index contributed by atoms with van der Waals surface area (Å²) in [6.45, 7) is 4.05. The first-order valence-corrected chi connectivity index (χ1v) is 8.30. The van der Waals surface area contributed by atoms with Gasteiger partial charge >= 0.3 is 0 Å². The molecule has 128 valence electrons. The lowest BCUT2D eigenvalue weighted by molar-refractivity contribution is 0.102. The highest BCUT2D eigenvalue weighted by Gasteiger charge is 2.12. The van der Waals surface area contributed by atoms with E-state index in [1.165, 1.54) is 6.20 Å². The van der Waals surface area contributed by atoms with Crippen LogP contribution in [0.25, 0.3) is 22.6 Å². The molecule has 0 bridgehead atoms. The average molecular weight is 343 g/mol. The van der Waals surface area contributed by atoms with Crippen molar-refractivity contribution in [2.75, 3.05) is 5.32 Å². The van der Waals surface area contributed by atoms with E-state index in [0.717, 1.165) is 27.8 Å². The molecule has 0 aliphatic heterocycles. The quantitative estimate of drug-likeness (QED) is 0.582. The number of rotatable bonds is 3. The second kappa shape index (κ2) is 6.44. The van der Waals surface area contributed by atoms with E-state index in [0.29, 0.717) is 17.1 Å². The highest BCUT2D eigenvalue weighted by atomic mass is 16.3. The van der Waals surface area contributed by atoms with Crippen molar-refractivity contribution in [3.63, 3.8) is 0 Å². The third kappa shape index (κ3) is 3.07. The van der Waals surface area contributed by atoms with Gasteiger partial charge in [0.15, 0.2) is 5.58 Å². The number of nitrogens with zero attached hydrogens (tertiary/aromatic N) is 2. The molecule has 0 unspecified atom stereocenters. The summed E-state index contributed by atoms with van der Waals surface area (Å²) in [5, 5.41) is 2.87. The van der Waals surface area contributed by atoms with Crippen molar-refractivity contribution in [2.45, 2.75) is 13.8 Å². The second-order valence-electron chi connectivity index (χ2n) is 6.23. The van der Waals surface area contributed by atoms with Crippen molar-refractivity contribution in [3.05, 3.63) is 77.6 Å². The fourth-order valence-corrected chi connectivity index (χ4v) is 2.93. The van der Waals surface area contributed by atoms with Gasteiger partial charge in [-0.1, -0.05) is 12.1 Å². The van der Waals surface area contributed by atoms with Crippen molar-refractivity contribution in [3.8, 4) is 11.5 Å². The number of carbonyl (C=O) groups excluding carboxylic acids is 1. The zero-order chi connectivity index (χ0) is 18.1. The number of aromatic nitrogens is 2. The van der Waals surface area contributed by atoms with E-state index in [1.807, 2.05) is 44.2 Å². The standard InChI is InChI=1S/C21H17N3O2/c1-13-9-14(2)19-18(10-13)24-21(26-19)15-5-3-7-17(11-15)23-20(25)16-6-4-8-22-12-16/h3-12H,1-2H3,(H,23,25). The molecule has 4 aromatic rings. The first-order valence-electron chi connectivity index (χ1n) is 8.30. The van der Waals surface area contributed by atoms with E-state index in [9.17, 15) is 4.79 Å². The Labute approximate surface area is 150 Å². The van der Waals surface area contributed by atoms with Crippen molar-refractivity contribution < 1.29 is 9.21 Å². The molecule has 0 fully saturated rings. The average Bonchev–Trinajstić information content (AvgIpc) is 3.07. The largest absolute Gasteiger partial charge is 0.436 e. The fraction of sp³-hybridized carbons (Fsp3) is 0.0952. The third-order valence-corrected chi connectivity index (χ3v) is 4.11. The van der Waals surface area contributed by atoms with Crippen LogP contribution in [0.1, 0.15) is 21.5 Å². The van der Waals surface area contributed by atoms with Gasteiger partial charge in [-0.3, -0.25) is 9.78 Å². The van der Waals surface area contributed by atoms with Gasteiger partial charge in [-0.2, -0.15) is 0 Å². The smallest absolute Gasteiger partial charge is 0.257 e. The van der Waals surface area contributed by atoms with Gasteiger partial charge in [-0.05, 0) is 61.4 Å². The minimum Gasteiger partial charge on any atom is -0.436 e. The molecule has 0 aliphatic carbocycles. The number of nitrogens with one attached hydrogen (secondary N) is 1. The highest BCUT2D eigenvalue weighted by molar-refractivity contribution is 6.04. The Morgan fingerprint density at radius 3 is 2.77 bits per heavy atom. The number of fused-ring (bicyclic) bond motifs is 1. The Morgan fingerprint density at radius 2 is 1.96 bits per heavy atom. The van der Waals surface area contributed by atoms with Crippen LogP contribution in [-0.4, -0.2) is 15.9 Å². The van der Waals surface area contributed by atoms with Gasteiger partial charge in [0.2, 0.25) is 5.89 Å². The second-order valence-corrected chi connectivity index (χ2v) is 6.23. The molecule has 0 atom stereocenters. The molecule has 4 rings (SSSR count). The van der Waals surface area contributed by atoms with E-state index in [-0.39, 0.29) is 5.91 Å². The SMILES string of the molecule is Cc1cc(C)c2oc(-c3cccc(NC(=O)c4cccnc4)c3)nc2c1. The molecule has 26 heavy (non-hydrogen) atoms. The first kappa shape index (κ1) is 16.0.